The van der Waals surface area contributed by atoms with Gasteiger partial charge in [0.1, 0.15) is 6.10 Å². The van der Waals surface area contributed by atoms with E-state index in [0.717, 1.165) is 25.7 Å². The maximum absolute atomic E-state index is 13.4. The Kier molecular flexibility index (Phi) is 12.8. The molecule has 5 atom stereocenters. The van der Waals surface area contributed by atoms with Crippen LogP contribution in [0, 0.1) is 23.7 Å². The average molecular weight is 622 g/mol. The fourth-order valence-electron chi connectivity index (χ4n) is 7.36. The van der Waals surface area contributed by atoms with Gasteiger partial charge in [0.2, 0.25) is 0 Å². The van der Waals surface area contributed by atoms with Crippen LogP contribution in [0.4, 0.5) is 0 Å². The predicted octanol–water partition coefficient (Wildman–Crippen LogP) is 3.50. The van der Waals surface area contributed by atoms with Crippen molar-refractivity contribution in [3.05, 3.63) is 0 Å². The third-order valence-electron chi connectivity index (χ3n) is 9.91. The summed E-state index contributed by atoms with van der Waals surface area (Å²) < 4.78 is 32.6. The highest BCUT2D eigenvalue weighted by Crippen LogP contribution is 2.37. The summed E-state index contributed by atoms with van der Waals surface area (Å²) in [5.41, 5.74) is 0. The van der Waals surface area contributed by atoms with Crippen LogP contribution >= 0.6 is 0 Å². The quantitative estimate of drug-likeness (QED) is 0.154. The Bertz CT molecular complexity index is 962. The molecule has 0 radical (unpaired) electrons. The summed E-state index contributed by atoms with van der Waals surface area (Å²) in [7, 11) is -3.36. The number of rotatable bonds is 13. The van der Waals surface area contributed by atoms with Gasteiger partial charge in [-0.05, 0) is 95.3 Å². The van der Waals surface area contributed by atoms with E-state index in [-0.39, 0.29) is 30.8 Å². The second-order valence-corrected chi connectivity index (χ2v) is 15.0. The van der Waals surface area contributed by atoms with Crippen molar-refractivity contribution in [3.63, 3.8) is 0 Å². The van der Waals surface area contributed by atoms with E-state index in [1.165, 1.54) is 0 Å². The number of hydrogen-bond donors (Lipinski definition) is 3. The van der Waals surface area contributed by atoms with Gasteiger partial charge in [-0.15, -0.1) is 4.99 Å². The Balaban J connectivity index is 1.18. The minimum atomic E-state index is -3.36. The highest BCUT2D eigenvalue weighted by molar-refractivity contribution is 7.92. The number of aliphatic carboxylic acids is 1. The molecule has 4 N–H and O–H groups in total. The lowest BCUT2D eigenvalue weighted by atomic mass is 9.78. The Morgan fingerprint density at radius 3 is 1.86 bits per heavy atom. The molecule has 0 aliphatic heterocycles. The van der Waals surface area contributed by atoms with Crippen molar-refractivity contribution < 1.29 is 57.6 Å². The van der Waals surface area contributed by atoms with Crippen molar-refractivity contribution in [2.75, 3.05) is 13.2 Å². The van der Waals surface area contributed by atoms with Crippen molar-refractivity contribution in [1.29, 1.82) is 0 Å². The lowest BCUT2D eigenvalue weighted by Crippen LogP contribution is -2.42. The zero-order chi connectivity index (χ0) is 30.1. The van der Waals surface area contributed by atoms with E-state index >= 15 is 0 Å². The first-order chi connectivity index (χ1) is 20.2. The summed E-state index contributed by atoms with van der Waals surface area (Å²) in [4.78, 5) is 49.4. The molecule has 0 aromatic heterocycles. The number of carbonyl (C=O) groups is 2. The molecule has 0 amide bonds. The molecule has 0 saturated heterocycles. The number of esters is 1. The molecule has 13 nitrogen and oxygen atoms in total. The largest absolute Gasteiger partial charge is 0.481 e. The molecule has 4 saturated carbocycles. The molecule has 0 aromatic carbocycles. The van der Waals surface area contributed by atoms with Gasteiger partial charge in [0.15, 0.2) is 9.84 Å². The summed E-state index contributed by atoms with van der Waals surface area (Å²) >= 11 is 0. The molecule has 4 fully saturated rings. The summed E-state index contributed by atoms with van der Waals surface area (Å²) in [6, 6.07) is 0. The summed E-state index contributed by atoms with van der Waals surface area (Å²) in [5.74, 6) is 2.08. The molecule has 4 aliphatic rings. The first-order valence-electron chi connectivity index (χ1n) is 15.5. The zero-order valence-corrected chi connectivity index (χ0v) is 25.0. The highest BCUT2D eigenvalue weighted by Gasteiger charge is 2.43. The van der Waals surface area contributed by atoms with Crippen LogP contribution in [0.3, 0.4) is 0 Å². The van der Waals surface area contributed by atoms with Gasteiger partial charge in [-0.25, -0.2) is 28.0 Å². The van der Waals surface area contributed by atoms with Crippen molar-refractivity contribution in [2.24, 2.45) is 29.6 Å². The molecule has 0 aromatic rings. The van der Waals surface area contributed by atoms with E-state index in [2.05, 4.69) is 9.88 Å². The highest BCUT2D eigenvalue weighted by atomic mass is 32.2. The maximum Gasteiger partial charge on any atom is 0.310 e. The van der Waals surface area contributed by atoms with E-state index in [0.29, 0.717) is 71.0 Å². The molecule has 5 unspecified atom stereocenters. The Morgan fingerprint density at radius 1 is 0.714 bits per heavy atom. The lowest BCUT2D eigenvalue weighted by Gasteiger charge is -2.35. The van der Waals surface area contributed by atoms with Crippen LogP contribution in [0.25, 0.3) is 0 Å². The molecule has 4 rings (SSSR count). The first-order valence-corrected chi connectivity index (χ1v) is 17.1. The molecule has 0 spiro atoms. The van der Waals surface area contributed by atoms with Crippen molar-refractivity contribution in [1.82, 2.24) is 0 Å². The van der Waals surface area contributed by atoms with Crippen LogP contribution in [0.5, 0.6) is 0 Å². The van der Waals surface area contributed by atoms with Gasteiger partial charge in [-0.2, -0.15) is 5.90 Å². The molecule has 42 heavy (non-hydrogen) atoms. The fraction of sp³-hybridized carbons (Fsp3) is 0.929. The van der Waals surface area contributed by atoms with E-state index < -0.39 is 56.3 Å². The summed E-state index contributed by atoms with van der Waals surface area (Å²) in [6.07, 6.45) is 7.84. The molecular formula is C28H47NO12S. The Morgan fingerprint density at radius 2 is 1.29 bits per heavy atom. The van der Waals surface area contributed by atoms with Gasteiger partial charge < -0.3 is 9.84 Å². The number of carbonyl (C=O) groups excluding carboxylic acids is 1. The maximum atomic E-state index is 13.4. The number of carboxylic acid groups (broad SMARTS) is 1. The van der Waals surface area contributed by atoms with Gasteiger partial charge >= 0.3 is 11.9 Å². The normalized spacial score (nSPS) is 36.3. The molecule has 4 aliphatic carbocycles. The second kappa shape index (κ2) is 16.1. The topological polar surface area (TPSA) is 190 Å². The van der Waals surface area contributed by atoms with Gasteiger partial charge in [0, 0.05) is 0 Å². The molecule has 0 heterocycles. The van der Waals surface area contributed by atoms with E-state index in [1.807, 2.05) is 0 Å². The van der Waals surface area contributed by atoms with Crippen molar-refractivity contribution in [3.8, 4) is 0 Å². The van der Waals surface area contributed by atoms with Crippen LogP contribution in [0.1, 0.15) is 96.3 Å². The van der Waals surface area contributed by atoms with E-state index in [4.69, 9.17) is 30.6 Å². The minimum Gasteiger partial charge on any atom is -0.481 e. The fourth-order valence-corrected chi connectivity index (χ4v) is 9.76. The van der Waals surface area contributed by atoms with Crippen molar-refractivity contribution >= 4 is 21.8 Å². The van der Waals surface area contributed by atoms with Crippen LogP contribution in [-0.2, 0) is 48.7 Å². The van der Waals surface area contributed by atoms with Gasteiger partial charge in [-0.1, -0.05) is 12.8 Å². The third-order valence-corrected chi connectivity index (χ3v) is 12.7. The third kappa shape index (κ3) is 8.84. The number of sulfone groups is 1. The number of hydrogen-bond acceptors (Lipinski definition) is 12. The average Bonchev–Trinajstić information content (AvgIpc) is 2.99. The summed E-state index contributed by atoms with van der Waals surface area (Å²) in [5, 5.41) is 17.5. The van der Waals surface area contributed by atoms with E-state index in [1.54, 1.807) is 0 Å². The molecule has 14 heteroatoms. The standard InChI is InChI=1S/C28H47NO12S/c29-41-40-22-9-14-25(27(30)31)26(15-22)28(32)38-20-5-10-23(11-6-20)42(34,35)24-12-7-21(8-13-24)39-37-17-19-4-2-1-3-18(19)16-36-33/h18-26,33H,1-17,29H2,(H,30,31). The molecule has 242 valence electrons. The lowest BCUT2D eigenvalue weighted by molar-refractivity contribution is -0.338. The second-order valence-electron chi connectivity index (χ2n) is 12.5. The Labute approximate surface area is 247 Å². The van der Waals surface area contributed by atoms with Crippen LogP contribution in [-0.4, -0.2) is 72.7 Å². The van der Waals surface area contributed by atoms with Crippen LogP contribution in [0.2, 0.25) is 0 Å². The van der Waals surface area contributed by atoms with Crippen LogP contribution < -0.4 is 5.90 Å². The smallest absolute Gasteiger partial charge is 0.310 e. The van der Waals surface area contributed by atoms with E-state index in [9.17, 15) is 23.1 Å². The number of nitrogens with two attached hydrogens (primary N) is 1. The Hall–Kier alpha value is -1.39. The zero-order valence-electron chi connectivity index (χ0n) is 24.2. The SMILES string of the molecule is NOOC1CCC(C(=O)O)C(C(=O)OC2CCC(S(=O)(=O)C3CCC(OOCC4CCCCC4COO)CC3)CC2)C1. The predicted molar refractivity (Wildman–Crippen MR) is 147 cm³/mol. The number of carboxylic acids is 1. The summed E-state index contributed by atoms with van der Waals surface area (Å²) in [6.45, 7) is 0.738. The molecular weight excluding hydrogens is 574 g/mol. The monoisotopic (exact) mass is 621 g/mol. The van der Waals surface area contributed by atoms with Crippen LogP contribution in [0.15, 0.2) is 0 Å². The van der Waals surface area contributed by atoms with Gasteiger partial charge in [0.25, 0.3) is 0 Å². The van der Waals surface area contributed by atoms with Gasteiger partial charge in [-0.3, -0.25) is 14.8 Å². The first kappa shape index (κ1) is 33.5. The minimum absolute atomic E-state index is 0.133. The van der Waals surface area contributed by atoms with Crippen molar-refractivity contribution in [2.45, 2.75) is 125 Å². The molecule has 0 bridgehead atoms. The number of ether oxygens (including phenoxy) is 1. The van der Waals surface area contributed by atoms with Gasteiger partial charge in [0.05, 0.1) is 47.8 Å².